The van der Waals surface area contributed by atoms with E-state index in [0.29, 0.717) is 23.0 Å². The van der Waals surface area contributed by atoms with E-state index in [1.54, 1.807) is 6.20 Å². The fraction of sp³-hybridized carbons (Fsp3) is 0.217. The largest absolute Gasteiger partial charge is 0.297 e. The molecule has 6 nitrogen and oxygen atoms in total. The van der Waals surface area contributed by atoms with Gasteiger partial charge in [0.25, 0.3) is 5.91 Å². The van der Waals surface area contributed by atoms with Crippen molar-refractivity contribution >= 4 is 39.7 Å². The molecule has 1 aromatic heterocycles. The second kappa shape index (κ2) is 8.59. The molecule has 2 aromatic carbocycles. The highest BCUT2D eigenvalue weighted by atomic mass is 32.1. The zero-order valence-corrected chi connectivity index (χ0v) is 17.7. The number of carbonyl (C=O) groups is 2. The SMILES string of the molecule is Cc1ccc(C)c(N2N=C(C(=O)Nc3ncc(Cc4ccccc4)s3)CCC2=O)c1. The number of hydrogen-bond acceptors (Lipinski definition) is 5. The molecule has 0 radical (unpaired) electrons. The van der Waals surface area contributed by atoms with E-state index in [-0.39, 0.29) is 18.2 Å². The highest BCUT2D eigenvalue weighted by Gasteiger charge is 2.27. The summed E-state index contributed by atoms with van der Waals surface area (Å²) in [4.78, 5) is 30.6. The van der Waals surface area contributed by atoms with Crippen LogP contribution in [0.1, 0.15) is 34.4 Å². The molecular weight excluding hydrogens is 396 g/mol. The average Bonchev–Trinajstić information content (AvgIpc) is 3.17. The van der Waals surface area contributed by atoms with Crippen LogP contribution >= 0.6 is 11.3 Å². The Bertz CT molecular complexity index is 1120. The second-order valence-corrected chi connectivity index (χ2v) is 8.41. The first-order valence-corrected chi connectivity index (χ1v) is 10.6. The van der Waals surface area contributed by atoms with Crippen LogP contribution < -0.4 is 10.3 Å². The number of amides is 2. The lowest BCUT2D eigenvalue weighted by Crippen LogP contribution is -2.36. The summed E-state index contributed by atoms with van der Waals surface area (Å²) in [5.41, 5.74) is 4.20. The summed E-state index contributed by atoms with van der Waals surface area (Å²) in [6, 6.07) is 16.0. The summed E-state index contributed by atoms with van der Waals surface area (Å²) in [6.07, 6.45) is 3.11. The lowest BCUT2D eigenvalue weighted by Gasteiger charge is -2.24. The lowest BCUT2D eigenvalue weighted by molar-refractivity contribution is -0.118. The third-order valence-corrected chi connectivity index (χ3v) is 5.80. The number of thiazole rings is 1. The van der Waals surface area contributed by atoms with Gasteiger partial charge in [0.15, 0.2) is 5.13 Å². The minimum absolute atomic E-state index is 0.111. The van der Waals surface area contributed by atoms with Gasteiger partial charge < -0.3 is 0 Å². The highest BCUT2D eigenvalue weighted by Crippen LogP contribution is 2.26. The zero-order valence-electron chi connectivity index (χ0n) is 16.9. The maximum Gasteiger partial charge on any atom is 0.273 e. The Morgan fingerprint density at radius 2 is 1.93 bits per heavy atom. The highest BCUT2D eigenvalue weighted by molar-refractivity contribution is 7.15. The fourth-order valence-corrected chi connectivity index (χ4v) is 4.11. The van der Waals surface area contributed by atoms with Crippen LogP contribution in [0.15, 0.2) is 59.8 Å². The first kappa shape index (κ1) is 20.0. The summed E-state index contributed by atoms with van der Waals surface area (Å²) in [5.74, 6) is -0.432. The first-order valence-electron chi connectivity index (χ1n) is 9.77. The van der Waals surface area contributed by atoms with Gasteiger partial charge in [-0.1, -0.05) is 42.5 Å². The number of aryl methyl sites for hydroxylation is 2. The Kier molecular flexibility index (Phi) is 5.72. The number of rotatable bonds is 5. The van der Waals surface area contributed by atoms with Crippen molar-refractivity contribution in [3.8, 4) is 0 Å². The first-order chi connectivity index (χ1) is 14.5. The van der Waals surface area contributed by atoms with Crippen LogP contribution in [0.4, 0.5) is 10.8 Å². The van der Waals surface area contributed by atoms with Crippen LogP contribution in [0.5, 0.6) is 0 Å². The maximum absolute atomic E-state index is 12.8. The number of benzene rings is 2. The molecule has 0 saturated heterocycles. The molecular formula is C23H22N4O2S. The number of nitrogens with zero attached hydrogens (tertiary/aromatic N) is 3. The van der Waals surface area contributed by atoms with Crippen LogP contribution in [0.25, 0.3) is 0 Å². The molecule has 2 amide bonds. The molecule has 0 unspecified atom stereocenters. The van der Waals surface area contributed by atoms with E-state index >= 15 is 0 Å². The molecule has 7 heteroatoms. The minimum Gasteiger partial charge on any atom is -0.297 e. The summed E-state index contributed by atoms with van der Waals surface area (Å²) in [7, 11) is 0. The summed E-state index contributed by atoms with van der Waals surface area (Å²) in [6.45, 7) is 3.89. The van der Waals surface area contributed by atoms with E-state index in [2.05, 4.69) is 27.5 Å². The Labute approximate surface area is 179 Å². The normalized spacial score (nSPS) is 13.9. The Morgan fingerprint density at radius 1 is 1.13 bits per heavy atom. The maximum atomic E-state index is 12.8. The van der Waals surface area contributed by atoms with Crippen LogP contribution in [-0.4, -0.2) is 22.5 Å². The molecule has 30 heavy (non-hydrogen) atoms. The molecule has 3 aromatic rings. The molecule has 2 heterocycles. The summed E-state index contributed by atoms with van der Waals surface area (Å²) < 4.78 is 0. The molecule has 0 aliphatic carbocycles. The predicted octanol–water partition coefficient (Wildman–Crippen LogP) is 4.47. The molecule has 1 aliphatic heterocycles. The number of hydrogen-bond donors (Lipinski definition) is 1. The van der Waals surface area contributed by atoms with E-state index in [1.165, 1.54) is 21.9 Å². The number of hydrazone groups is 1. The monoisotopic (exact) mass is 418 g/mol. The van der Waals surface area contributed by atoms with E-state index in [4.69, 9.17) is 0 Å². The van der Waals surface area contributed by atoms with E-state index in [1.807, 2.05) is 50.2 Å². The molecule has 0 spiro atoms. The number of aromatic nitrogens is 1. The van der Waals surface area contributed by atoms with Gasteiger partial charge in [0.1, 0.15) is 5.71 Å². The molecule has 0 saturated carbocycles. The standard InChI is InChI=1S/C23H22N4O2S/c1-15-8-9-16(2)20(12-15)27-21(28)11-10-19(26-27)22(29)25-23-24-14-18(30-23)13-17-6-4-3-5-7-17/h3-9,12,14H,10-11,13H2,1-2H3,(H,24,25,29). The smallest absolute Gasteiger partial charge is 0.273 e. The van der Waals surface area contributed by atoms with Crippen LogP contribution in [0.2, 0.25) is 0 Å². The van der Waals surface area contributed by atoms with E-state index < -0.39 is 0 Å². The summed E-state index contributed by atoms with van der Waals surface area (Å²) in [5, 5.41) is 9.08. The van der Waals surface area contributed by atoms with Crippen LogP contribution in [-0.2, 0) is 16.0 Å². The molecule has 0 fully saturated rings. The minimum atomic E-state index is -0.321. The Morgan fingerprint density at radius 3 is 2.73 bits per heavy atom. The average molecular weight is 419 g/mol. The number of carbonyl (C=O) groups excluding carboxylic acids is 2. The van der Waals surface area contributed by atoms with Crippen molar-refractivity contribution < 1.29 is 9.59 Å². The van der Waals surface area contributed by atoms with Gasteiger partial charge in [0.05, 0.1) is 5.69 Å². The molecule has 0 bridgehead atoms. The van der Waals surface area contributed by atoms with Crippen molar-refractivity contribution in [2.45, 2.75) is 33.1 Å². The van der Waals surface area contributed by atoms with Crippen LogP contribution in [0.3, 0.4) is 0 Å². The third-order valence-electron chi connectivity index (χ3n) is 4.88. The van der Waals surface area contributed by atoms with Gasteiger partial charge in [-0.3, -0.25) is 14.9 Å². The van der Waals surface area contributed by atoms with Crippen molar-refractivity contribution in [3.63, 3.8) is 0 Å². The summed E-state index contributed by atoms with van der Waals surface area (Å²) >= 11 is 1.44. The number of anilines is 2. The van der Waals surface area contributed by atoms with Crippen molar-refractivity contribution in [2.24, 2.45) is 5.10 Å². The topological polar surface area (TPSA) is 74.7 Å². The van der Waals surface area contributed by atoms with Gasteiger partial charge in [-0.25, -0.2) is 9.99 Å². The van der Waals surface area contributed by atoms with Crippen molar-refractivity contribution in [2.75, 3.05) is 10.3 Å². The van der Waals surface area contributed by atoms with Gasteiger partial charge in [0, 0.05) is 30.3 Å². The van der Waals surface area contributed by atoms with E-state index in [0.717, 1.165) is 22.4 Å². The lowest BCUT2D eigenvalue weighted by atomic mass is 10.1. The van der Waals surface area contributed by atoms with Crippen molar-refractivity contribution in [3.05, 3.63) is 76.3 Å². The van der Waals surface area contributed by atoms with Gasteiger partial charge in [0.2, 0.25) is 5.91 Å². The quantitative estimate of drug-likeness (QED) is 0.664. The number of nitrogens with one attached hydrogen (secondary N) is 1. The predicted molar refractivity (Wildman–Crippen MR) is 120 cm³/mol. The molecule has 1 N–H and O–H groups in total. The molecule has 1 aliphatic rings. The van der Waals surface area contributed by atoms with E-state index in [9.17, 15) is 9.59 Å². The van der Waals surface area contributed by atoms with Crippen LogP contribution in [0, 0.1) is 13.8 Å². The second-order valence-electron chi connectivity index (χ2n) is 7.29. The van der Waals surface area contributed by atoms with Crippen molar-refractivity contribution in [1.82, 2.24) is 4.98 Å². The Hall–Kier alpha value is -3.32. The van der Waals surface area contributed by atoms with Gasteiger partial charge in [-0.15, -0.1) is 11.3 Å². The van der Waals surface area contributed by atoms with Gasteiger partial charge in [-0.2, -0.15) is 5.10 Å². The molecule has 152 valence electrons. The van der Waals surface area contributed by atoms with Gasteiger partial charge in [-0.05, 0) is 36.6 Å². The molecule has 4 rings (SSSR count). The molecule has 0 atom stereocenters. The fourth-order valence-electron chi connectivity index (χ4n) is 3.27. The third kappa shape index (κ3) is 4.46. The van der Waals surface area contributed by atoms with Crippen molar-refractivity contribution in [1.29, 1.82) is 0 Å². The zero-order chi connectivity index (χ0) is 21.1. The van der Waals surface area contributed by atoms with Gasteiger partial charge >= 0.3 is 0 Å². The Balaban J connectivity index is 1.49.